The Balaban J connectivity index is 1.47. The molecule has 0 bridgehead atoms. The summed E-state index contributed by atoms with van der Waals surface area (Å²) in [6.07, 6.45) is 1.44. The lowest BCUT2D eigenvalue weighted by atomic mass is 10.0. The van der Waals surface area contributed by atoms with E-state index in [4.69, 9.17) is 4.74 Å². The van der Waals surface area contributed by atoms with E-state index in [1.54, 1.807) is 11.0 Å². The van der Waals surface area contributed by atoms with Gasteiger partial charge in [-0.3, -0.25) is 9.59 Å². The summed E-state index contributed by atoms with van der Waals surface area (Å²) in [5.41, 5.74) is 1.72. The molecular formula is C21H22N4O3. The fraction of sp³-hybridized carbons (Fsp3) is 0.333. The quantitative estimate of drug-likeness (QED) is 0.757. The highest BCUT2D eigenvalue weighted by Gasteiger charge is 2.26. The second-order valence-electron chi connectivity index (χ2n) is 7.10. The maximum atomic E-state index is 13.0. The van der Waals surface area contributed by atoms with Crippen molar-refractivity contribution in [2.75, 3.05) is 13.1 Å². The minimum atomic E-state index is -0.269. The lowest BCUT2D eigenvalue weighted by Crippen LogP contribution is -2.42. The molecule has 0 aliphatic carbocycles. The molecule has 2 aromatic heterocycles. The average molecular weight is 378 g/mol. The molecular weight excluding hydrogens is 356 g/mol. The van der Waals surface area contributed by atoms with Gasteiger partial charge in [-0.1, -0.05) is 18.2 Å². The van der Waals surface area contributed by atoms with Crippen molar-refractivity contribution in [1.29, 1.82) is 0 Å². The highest BCUT2D eigenvalue weighted by molar-refractivity contribution is 6.05. The van der Waals surface area contributed by atoms with Crippen molar-refractivity contribution in [2.45, 2.75) is 32.8 Å². The predicted molar refractivity (Wildman–Crippen MR) is 106 cm³/mol. The van der Waals surface area contributed by atoms with Crippen LogP contribution >= 0.6 is 0 Å². The lowest BCUT2D eigenvalue weighted by Gasteiger charge is -2.32. The molecule has 0 saturated carbocycles. The second kappa shape index (κ2) is 7.42. The number of fused-ring (bicyclic) bond motifs is 1. The molecule has 1 aliphatic rings. The van der Waals surface area contributed by atoms with Crippen LogP contribution in [0.5, 0.6) is 5.88 Å². The third-order valence-corrected chi connectivity index (χ3v) is 4.94. The number of hydrogen-bond acceptors (Lipinski definition) is 5. The van der Waals surface area contributed by atoms with Gasteiger partial charge in [0.2, 0.25) is 11.4 Å². The van der Waals surface area contributed by atoms with Crippen LogP contribution in [0, 0.1) is 13.8 Å². The van der Waals surface area contributed by atoms with Crippen molar-refractivity contribution >= 4 is 16.8 Å². The van der Waals surface area contributed by atoms with Crippen LogP contribution < -0.4 is 10.3 Å². The first kappa shape index (κ1) is 18.2. The number of nitrogens with zero attached hydrogens (tertiary/aromatic N) is 3. The molecule has 7 heteroatoms. The molecule has 28 heavy (non-hydrogen) atoms. The standard InChI is InChI=1S/C21H22N4O3/c1-13-11-20(23-14(2)22-13)28-15-7-9-25(10-8-15)21(27)17-12-19(26)24-18-6-4-3-5-16(17)18/h3-6,11-12,15H,7-10H2,1-2H3,(H,24,26). The Labute approximate surface area is 162 Å². The molecule has 3 heterocycles. The third-order valence-electron chi connectivity index (χ3n) is 4.94. The largest absolute Gasteiger partial charge is 0.474 e. The number of carbonyl (C=O) groups excluding carboxylic acids is 1. The van der Waals surface area contributed by atoms with E-state index in [1.807, 2.05) is 38.1 Å². The van der Waals surface area contributed by atoms with Crippen LogP contribution in [0.4, 0.5) is 0 Å². The number of ether oxygens (including phenoxy) is 1. The summed E-state index contributed by atoms with van der Waals surface area (Å²) in [7, 11) is 0. The van der Waals surface area contributed by atoms with Gasteiger partial charge in [0.1, 0.15) is 11.9 Å². The molecule has 1 saturated heterocycles. The number of aromatic amines is 1. The molecule has 1 aromatic carbocycles. The predicted octanol–water partition coefficient (Wildman–Crippen LogP) is 2.62. The minimum absolute atomic E-state index is 0.00803. The summed E-state index contributed by atoms with van der Waals surface area (Å²) >= 11 is 0. The fourth-order valence-electron chi connectivity index (χ4n) is 3.64. The number of rotatable bonds is 3. The second-order valence-corrected chi connectivity index (χ2v) is 7.10. The molecule has 0 spiro atoms. The van der Waals surface area contributed by atoms with Crippen LogP contribution in [-0.4, -0.2) is 45.0 Å². The van der Waals surface area contributed by atoms with E-state index in [-0.39, 0.29) is 17.6 Å². The number of para-hydroxylation sites is 1. The summed E-state index contributed by atoms with van der Waals surface area (Å²) in [5, 5.41) is 0.761. The summed E-state index contributed by atoms with van der Waals surface area (Å²) < 4.78 is 6.00. The summed E-state index contributed by atoms with van der Waals surface area (Å²) in [6, 6.07) is 10.6. The van der Waals surface area contributed by atoms with Gasteiger partial charge in [-0.25, -0.2) is 4.98 Å². The number of nitrogens with one attached hydrogen (secondary N) is 1. The van der Waals surface area contributed by atoms with E-state index in [0.717, 1.165) is 23.9 Å². The average Bonchev–Trinajstić information content (AvgIpc) is 2.66. The Morgan fingerprint density at radius 1 is 1.14 bits per heavy atom. The van der Waals surface area contributed by atoms with Crippen LogP contribution in [0.1, 0.15) is 34.7 Å². The normalized spacial score (nSPS) is 15.0. The smallest absolute Gasteiger partial charge is 0.254 e. The number of aromatic nitrogens is 3. The maximum absolute atomic E-state index is 13.0. The van der Waals surface area contributed by atoms with E-state index < -0.39 is 0 Å². The number of carbonyl (C=O) groups is 1. The van der Waals surface area contributed by atoms with Gasteiger partial charge in [-0.15, -0.1) is 0 Å². The zero-order valence-corrected chi connectivity index (χ0v) is 15.9. The first-order valence-electron chi connectivity index (χ1n) is 9.40. The van der Waals surface area contributed by atoms with E-state index >= 15 is 0 Å². The van der Waals surface area contributed by atoms with Gasteiger partial charge in [-0.2, -0.15) is 4.98 Å². The van der Waals surface area contributed by atoms with Crippen molar-refractivity contribution in [2.24, 2.45) is 0 Å². The van der Waals surface area contributed by atoms with Crippen molar-refractivity contribution in [3.8, 4) is 5.88 Å². The van der Waals surface area contributed by atoms with Crippen LogP contribution in [0.3, 0.4) is 0 Å². The van der Waals surface area contributed by atoms with Crippen molar-refractivity contribution in [1.82, 2.24) is 19.9 Å². The highest BCUT2D eigenvalue weighted by Crippen LogP contribution is 2.22. The van der Waals surface area contributed by atoms with Gasteiger partial charge < -0.3 is 14.6 Å². The molecule has 0 radical (unpaired) electrons. The van der Waals surface area contributed by atoms with E-state index in [9.17, 15) is 9.59 Å². The van der Waals surface area contributed by atoms with Crippen molar-refractivity contribution < 1.29 is 9.53 Å². The fourth-order valence-corrected chi connectivity index (χ4v) is 3.64. The zero-order chi connectivity index (χ0) is 19.7. The van der Waals surface area contributed by atoms with E-state index in [1.165, 1.54) is 6.07 Å². The Hall–Kier alpha value is -3.22. The van der Waals surface area contributed by atoms with Crippen molar-refractivity contribution in [3.63, 3.8) is 0 Å². The topological polar surface area (TPSA) is 88.2 Å². The molecule has 1 aliphatic heterocycles. The summed E-state index contributed by atoms with van der Waals surface area (Å²) in [4.78, 5) is 38.1. The van der Waals surface area contributed by atoms with Crippen LogP contribution in [0.25, 0.3) is 10.9 Å². The first-order chi connectivity index (χ1) is 13.5. The monoisotopic (exact) mass is 378 g/mol. The molecule has 1 N–H and O–H groups in total. The van der Waals surface area contributed by atoms with Crippen LogP contribution in [0.15, 0.2) is 41.2 Å². The Kier molecular flexibility index (Phi) is 4.81. The van der Waals surface area contributed by atoms with Gasteiger partial charge >= 0.3 is 0 Å². The molecule has 0 atom stereocenters. The van der Waals surface area contributed by atoms with E-state index in [0.29, 0.717) is 35.9 Å². The van der Waals surface area contributed by atoms with E-state index in [2.05, 4.69) is 15.0 Å². The minimum Gasteiger partial charge on any atom is -0.474 e. The van der Waals surface area contributed by atoms with Gasteiger partial charge in [0.05, 0.1) is 5.56 Å². The number of H-pyrrole nitrogens is 1. The Morgan fingerprint density at radius 3 is 2.64 bits per heavy atom. The highest BCUT2D eigenvalue weighted by atomic mass is 16.5. The summed E-state index contributed by atoms with van der Waals surface area (Å²) in [5.74, 6) is 1.15. The molecule has 0 unspecified atom stereocenters. The first-order valence-corrected chi connectivity index (χ1v) is 9.40. The third kappa shape index (κ3) is 3.74. The Bertz CT molecular complexity index is 1060. The maximum Gasteiger partial charge on any atom is 0.254 e. The molecule has 7 nitrogen and oxygen atoms in total. The number of amides is 1. The molecule has 3 aromatic rings. The van der Waals surface area contributed by atoms with Crippen LogP contribution in [0.2, 0.25) is 0 Å². The SMILES string of the molecule is Cc1cc(OC2CCN(C(=O)c3cc(=O)[nH]c4ccccc34)CC2)nc(C)n1. The number of likely N-dealkylation sites (tertiary alicyclic amines) is 1. The molecule has 1 amide bonds. The zero-order valence-electron chi connectivity index (χ0n) is 15.9. The number of benzene rings is 1. The van der Waals surface area contributed by atoms with Gasteiger partial charge in [0.15, 0.2) is 0 Å². The van der Waals surface area contributed by atoms with Gasteiger partial charge in [0, 0.05) is 54.7 Å². The lowest BCUT2D eigenvalue weighted by molar-refractivity contribution is 0.0589. The van der Waals surface area contributed by atoms with Gasteiger partial charge in [-0.05, 0) is 19.9 Å². The number of piperidine rings is 1. The van der Waals surface area contributed by atoms with Crippen LogP contribution in [-0.2, 0) is 0 Å². The summed E-state index contributed by atoms with van der Waals surface area (Å²) in [6.45, 7) is 4.91. The number of pyridine rings is 1. The number of aryl methyl sites for hydroxylation is 2. The van der Waals surface area contributed by atoms with Gasteiger partial charge in [0.25, 0.3) is 5.91 Å². The molecule has 144 valence electrons. The molecule has 1 fully saturated rings. The molecule has 4 rings (SSSR count). The number of hydrogen-bond donors (Lipinski definition) is 1. The Morgan fingerprint density at radius 2 is 1.89 bits per heavy atom. The van der Waals surface area contributed by atoms with Crippen molar-refractivity contribution in [3.05, 3.63) is 63.8 Å².